The molecule has 0 saturated carbocycles. The number of para-hydroxylation sites is 6. The van der Waals surface area contributed by atoms with Crippen LogP contribution in [0.1, 0.15) is 158 Å². The number of benzene rings is 15. The van der Waals surface area contributed by atoms with E-state index in [9.17, 15) is 0 Å². The standard InChI is InChI=1S/C114H104BN7/c1-109(2,3)69-47-57-98-84(59-69)82-37-29-41-100(107(82)119(98)75-31-21-19-22-32-75)121-102-65-77(116-94-53-43-71(111(7,8)9)61-86(94)87-62-72(112(10,11)12)44-54-95(87)116)49-51-90(102)115-91-52-50-78(117-96-55-45-73(113(13,14)15)63-88(96)89-64-74(114(16,17)18)46-56-97(89)117)66-103(91)122(105-68-79(67-104(121)106(105)115)118-92-39-27-25-35-80(92)81-36-26-28-40-93(81)118)101-42-30-38-83-85-60-70(110(4,5)6)48-58-99(85)120(108(83)101)76-33-23-20-24-34-76/h19-68H,1-18H3. The van der Waals surface area contributed by atoms with Gasteiger partial charge in [0, 0.05) is 99.4 Å². The zero-order valence-electron chi connectivity index (χ0n) is 73.6. The van der Waals surface area contributed by atoms with E-state index < -0.39 is 0 Å². The Morgan fingerprint density at radius 2 is 0.443 bits per heavy atom. The van der Waals surface area contributed by atoms with Crippen LogP contribution in [0, 0.1) is 0 Å². The number of nitrogens with zero attached hydrogens (tertiary/aromatic N) is 7. The monoisotopic (exact) mass is 1580 g/mol. The first-order chi connectivity index (χ1) is 58.3. The van der Waals surface area contributed by atoms with E-state index in [4.69, 9.17) is 0 Å². The maximum Gasteiger partial charge on any atom is 0.252 e. The summed E-state index contributed by atoms with van der Waals surface area (Å²) in [6.45, 7) is 41.8. The smallest absolute Gasteiger partial charge is 0.252 e. The number of anilines is 6. The minimum absolute atomic E-state index is 0.0795. The Bertz CT molecular complexity index is 7220. The molecule has 22 rings (SSSR count). The van der Waals surface area contributed by atoms with Gasteiger partial charge in [-0.2, -0.15) is 0 Å². The van der Waals surface area contributed by atoms with E-state index in [1.807, 2.05) is 0 Å². The van der Waals surface area contributed by atoms with Crippen LogP contribution in [0.4, 0.5) is 34.1 Å². The first kappa shape index (κ1) is 75.2. The van der Waals surface area contributed by atoms with Crippen molar-refractivity contribution in [2.24, 2.45) is 0 Å². The van der Waals surface area contributed by atoms with Crippen LogP contribution in [0.15, 0.2) is 303 Å². The zero-order valence-corrected chi connectivity index (χ0v) is 73.6. The highest BCUT2D eigenvalue weighted by molar-refractivity contribution is 7.00. The molecule has 0 N–H and O–H groups in total. The van der Waals surface area contributed by atoms with Gasteiger partial charge in [-0.25, -0.2) is 0 Å². The predicted octanol–water partition coefficient (Wildman–Crippen LogP) is 29.0. The number of rotatable bonds is 7. The van der Waals surface area contributed by atoms with Crippen molar-refractivity contribution in [2.45, 2.75) is 157 Å². The maximum absolute atomic E-state index is 2.73. The van der Waals surface area contributed by atoms with Crippen molar-refractivity contribution in [3.05, 3.63) is 337 Å². The third kappa shape index (κ3) is 11.4. The molecule has 15 aromatic carbocycles. The van der Waals surface area contributed by atoms with Crippen molar-refractivity contribution in [3.63, 3.8) is 0 Å². The van der Waals surface area contributed by atoms with E-state index in [1.165, 1.54) is 126 Å². The second kappa shape index (κ2) is 26.2. The van der Waals surface area contributed by atoms with Crippen LogP contribution >= 0.6 is 0 Å². The van der Waals surface area contributed by atoms with E-state index in [2.05, 4.69) is 461 Å². The Hall–Kier alpha value is -13.0. The van der Waals surface area contributed by atoms with Gasteiger partial charge in [0.05, 0.1) is 72.2 Å². The van der Waals surface area contributed by atoms with E-state index in [0.717, 1.165) is 95.7 Å². The molecule has 7 nitrogen and oxygen atoms in total. The van der Waals surface area contributed by atoms with Gasteiger partial charge in [-0.3, -0.25) is 0 Å². The van der Waals surface area contributed by atoms with Crippen LogP contribution in [0.5, 0.6) is 0 Å². The van der Waals surface area contributed by atoms with Gasteiger partial charge in [-0.05, 0) is 240 Å². The van der Waals surface area contributed by atoms with Crippen LogP contribution in [-0.2, 0) is 32.5 Å². The molecule has 7 heterocycles. The van der Waals surface area contributed by atoms with Gasteiger partial charge in [0.15, 0.2) is 0 Å². The molecule has 122 heavy (non-hydrogen) atoms. The molecule has 0 fully saturated rings. The Labute approximate surface area is 716 Å². The van der Waals surface area contributed by atoms with Gasteiger partial charge in [-0.15, -0.1) is 0 Å². The predicted molar refractivity (Wildman–Crippen MR) is 524 cm³/mol. The summed E-state index contributed by atoms with van der Waals surface area (Å²) in [7, 11) is 0. The quantitative estimate of drug-likeness (QED) is 0.149. The topological polar surface area (TPSA) is 31.1 Å². The molecule has 20 aromatic rings. The van der Waals surface area contributed by atoms with Crippen molar-refractivity contribution in [2.75, 3.05) is 9.80 Å². The molecular formula is C114H104BN7. The summed E-state index contributed by atoms with van der Waals surface area (Å²) in [5.41, 5.74) is 34.5. The number of aromatic nitrogens is 5. The molecule has 5 aromatic heterocycles. The van der Waals surface area contributed by atoms with Crippen molar-refractivity contribution >= 4 is 166 Å². The van der Waals surface area contributed by atoms with E-state index in [-0.39, 0.29) is 39.2 Å². The number of hydrogen-bond acceptors (Lipinski definition) is 2. The summed E-state index contributed by atoms with van der Waals surface area (Å²) in [5.74, 6) is 0. The lowest BCUT2D eigenvalue weighted by Gasteiger charge is -2.45. The molecule has 2 aliphatic rings. The molecule has 0 aliphatic carbocycles. The van der Waals surface area contributed by atoms with Crippen LogP contribution in [-0.4, -0.2) is 29.5 Å². The summed E-state index contributed by atoms with van der Waals surface area (Å²) in [6.07, 6.45) is 0. The third-order valence-corrected chi connectivity index (χ3v) is 27.1. The minimum Gasteiger partial charge on any atom is -0.309 e. The Kier molecular flexibility index (Phi) is 16.2. The van der Waals surface area contributed by atoms with Gasteiger partial charge in [0.25, 0.3) is 6.71 Å². The van der Waals surface area contributed by atoms with Gasteiger partial charge >= 0.3 is 0 Å². The van der Waals surface area contributed by atoms with E-state index >= 15 is 0 Å². The summed E-state index contributed by atoms with van der Waals surface area (Å²) < 4.78 is 12.9. The van der Waals surface area contributed by atoms with Crippen LogP contribution in [0.3, 0.4) is 0 Å². The molecule has 0 bridgehead atoms. The fraction of sp³-hybridized carbons (Fsp3) is 0.211. The Morgan fingerprint density at radius 3 is 0.762 bits per heavy atom. The van der Waals surface area contributed by atoms with Gasteiger partial charge < -0.3 is 32.6 Å². The zero-order chi connectivity index (χ0) is 84.1. The minimum atomic E-state index is -0.307. The van der Waals surface area contributed by atoms with Crippen molar-refractivity contribution in [1.29, 1.82) is 0 Å². The van der Waals surface area contributed by atoms with E-state index in [1.54, 1.807) is 0 Å². The molecule has 598 valence electrons. The van der Waals surface area contributed by atoms with Crippen LogP contribution < -0.4 is 26.2 Å². The first-order valence-electron chi connectivity index (χ1n) is 43.8. The molecule has 2 aliphatic heterocycles. The highest BCUT2D eigenvalue weighted by atomic mass is 15.2. The highest BCUT2D eigenvalue weighted by Gasteiger charge is 2.46. The molecule has 0 atom stereocenters. The van der Waals surface area contributed by atoms with Crippen molar-refractivity contribution in [1.82, 2.24) is 22.8 Å². The Morgan fingerprint density at radius 1 is 0.180 bits per heavy atom. The molecule has 0 radical (unpaired) electrons. The molecule has 0 saturated heterocycles. The van der Waals surface area contributed by atoms with Crippen LogP contribution in [0.25, 0.3) is 137 Å². The molecule has 0 amide bonds. The second-order valence-corrected chi connectivity index (χ2v) is 41.1. The molecule has 8 heteroatoms. The van der Waals surface area contributed by atoms with Gasteiger partial charge in [0.1, 0.15) is 0 Å². The molecule has 0 unspecified atom stereocenters. The van der Waals surface area contributed by atoms with Crippen molar-refractivity contribution < 1.29 is 0 Å². The lowest BCUT2D eigenvalue weighted by atomic mass is 9.33. The average molecular weight is 1580 g/mol. The number of hydrogen-bond donors (Lipinski definition) is 0. The second-order valence-electron chi connectivity index (χ2n) is 41.1. The van der Waals surface area contributed by atoms with Crippen LogP contribution in [0.2, 0.25) is 0 Å². The van der Waals surface area contributed by atoms with E-state index in [0.29, 0.717) is 0 Å². The molecule has 0 spiro atoms. The summed E-state index contributed by atoms with van der Waals surface area (Å²) in [5, 5.41) is 12.3. The summed E-state index contributed by atoms with van der Waals surface area (Å²) in [4.78, 5) is 5.45. The highest BCUT2D eigenvalue weighted by Crippen LogP contribution is 2.54. The van der Waals surface area contributed by atoms with Crippen molar-refractivity contribution in [3.8, 4) is 28.4 Å². The summed E-state index contributed by atoms with van der Waals surface area (Å²) in [6, 6.07) is 119. The Balaban J connectivity index is 0.932. The third-order valence-electron chi connectivity index (χ3n) is 27.1. The molecular weight excluding hydrogens is 1480 g/mol. The lowest BCUT2D eigenvalue weighted by Crippen LogP contribution is -2.61. The van der Waals surface area contributed by atoms with Gasteiger partial charge in [0.2, 0.25) is 0 Å². The first-order valence-corrected chi connectivity index (χ1v) is 43.8. The SMILES string of the molecule is CC(C)(C)c1ccc2c(c1)c1cc(C(C)(C)C)ccc1n2-c1ccc2c(c1)N(c1cccc3c4cc(C(C)(C)C)ccc4n(-c4ccccc4)c13)c1cc(-n3c4ccccc4c4ccccc43)cc3c1B2c1ccc(-n2c4ccc(C(C)(C)C)cc4c4cc(C(C)(C)C)ccc42)cc1N3c1cccc2c3cc(C(C)(C)C)ccc3n(-c3ccccc3)c12. The fourth-order valence-corrected chi connectivity index (χ4v) is 20.6. The van der Waals surface area contributed by atoms with Gasteiger partial charge in [-0.1, -0.05) is 270 Å². The maximum atomic E-state index is 2.73. The lowest BCUT2D eigenvalue weighted by molar-refractivity contribution is 0.590. The average Bonchev–Trinajstić information content (AvgIpc) is 1.09. The summed E-state index contributed by atoms with van der Waals surface area (Å²) >= 11 is 0. The normalized spacial score (nSPS) is 13.6. The largest absolute Gasteiger partial charge is 0.309 e. The number of fused-ring (bicyclic) bond motifs is 19. The fourth-order valence-electron chi connectivity index (χ4n) is 20.6.